The van der Waals surface area contributed by atoms with Crippen molar-refractivity contribution >= 4 is 5.91 Å². The molecular formula is C11H19NO. The molecule has 2 saturated carbocycles. The summed E-state index contributed by atoms with van der Waals surface area (Å²) in [7, 11) is 0. The summed E-state index contributed by atoms with van der Waals surface area (Å²) in [4.78, 5) is 11.6. The molecule has 2 N–H and O–H groups in total. The van der Waals surface area contributed by atoms with E-state index >= 15 is 0 Å². The second-order valence-corrected chi connectivity index (χ2v) is 5.43. The molecule has 0 aromatic rings. The van der Waals surface area contributed by atoms with Gasteiger partial charge in [-0.3, -0.25) is 4.79 Å². The Hall–Kier alpha value is -0.530. The highest BCUT2D eigenvalue weighted by Gasteiger charge is 2.65. The van der Waals surface area contributed by atoms with Gasteiger partial charge in [0.1, 0.15) is 0 Å². The normalized spacial score (nSPS) is 46.7. The van der Waals surface area contributed by atoms with Crippen molar-refractivity contribution in [3.8, 4) is 0 Å². The molecule has 0 radical (unpaired) electrons. The molecule has 0 spiro atoms. The van der Waals surface area contributed by atoms with Crippen molar-refractivity contribution in [2.75, 3.05) is 0 Å². The Bertz CT molecular complexity index is 259. The first kappa shape index (κ1) is 9.04. The van der Waals surface area contributed by atoms with Crippen LogP contribution in [0.25, 0.3) is 0 Å². The van der Waals surface area contributed by atoms with Crippen molar-refractivity contribution < 1.29 is 4.79 Å². The quantitative estimate of drug-likeness (QED) is 0.660. The number of amides is 1. The van der Waals surface area contributed by atoms with Crippen LogP contribution in [0.15, 0.2) is 0 Å². The van der Waals surface area contributed by atoms with Crippen LogP contribution in [-0.2, 0) is 4.79 Å². The molecule has 2 aliphatic rings. The van der Waals surface area contributed by atoms with Crippen LogP contribution in [0, 0.1) is 22.7 Å². The summed E-state index contributed by atoms with van der Waals surface area (Å²) in [5.41, 5.74) is 5.54. The molecule has 0 aromatic carbocycles. The first-order valence-corrected chi connectivity index (χ1v) is 5.23. The second kappa shape index (κ2) is 2.28. The molecule has 0 aromatic heterocycles. The minimum atomic E-state index is -0.197. The van der Waals surface area contributed by atoms with Crippen molar-refractivity contribution in [3.05, 3.63) is 0 Å². The molecule has 2 rings (SSSR count). The fourth-order valence-corrected chi connectivity index (χ4v) is 4.05. The zero-order valence-corrected chi connectivity index (χ0v) is 8.76. The Morgan fingerprint density at radius 3 is 2.31 bits per heavy atom. The second-order valence-electron chi connectivity index (χ2n) is 5.43. The molecule has 0 aliphatic heterocycles. The third-order valence-electron chi connectivity index (χ3n) is 4.98. The van der Waals surface area contributed by atoms with E-state index in [0.717, 1.165) is 12.3 Å². The SMILES string of the molecule is CC1C[C@H]2CC[C@]1(C(N)=O)C2(C)C. The molecule has 0 saturated heterocycles. The molecule has 2 nitrogen and oxygen atoms in total. The minimum Gasteiger partial charge on any atom is -0.369 e. The van der Waals surface area contributed by atoms with Gasteiger partial charge >= 0.3 is 0 Å². The highest BCUT2D eigenvalue weighted by molar-refractivity contribution is 5.83. The lowest BCUT2D eigenvalue weighted by Crippen LogP contribution is -2.46. The van der Waals surface area contributed by atoms with Crippen LogP contribution in [0.3, 0.4) is 0 Å². The maximum atomic E-state index is 11.6. The Kier molecular flexibility index (Phi) is 1.59. The van der Waals surface area contributed by atoms with E-state index in [1.807, 2.05) is 0 Å². The van der Waals surface area contributed by atoms with Gasteiger partial charge in [0, 0.05) is 0 Å². The largest absolute Gasteiger partial charge is 0.369 e. The monoisotopic (exact) mass is 181 g/mol. The van der Waals surface area contributed by atoms with Gasteiger partial charge in [0.15, 0.2) is 0 Å². The predicted octanol–water partition coefficient (Wildman–Crippen LogP) is 1.93. The summed E-state index contributed by atoms with van der Waals surface area (Å²) in [5.74, 6) is 1.14. The van der Waals surface area contributed by atoms with Gasteiger partial charge in [0.05, 0.1) is 5.41 Å². The average molecular weight is 181 g/mol. The number of nitrogens with two attached hydrogens (primary N) is 1. The topological polar surface area (TPSA) is 43.1 Å². The number of carbonyl (C=O) groups is 1. The molecule has 1 unspecified atom stereocenters. The van der Waals surface area contributed by atoms with Gasteiger partial charge in [0.25, 0.3) is 0 Å². The van der Waals surface area contributed by atoms with Crippen LogP contribution < -0.4 is 5.73 Å². The molecule has 0 heterocycles. The Balaban J connectivity index is 2.49. The summed E-state index contributed by atoms with van der Waals surface area (Å²) in [5, 5.41) is 0. The van der Waals surface area contributed by atoms with E-state index in [9.17, 15) is 4.79 Å². The third kappa shape index (κ3) is 0.773. The van der Waals surface area contributed by atoms with Gasteiger partial charge in [-0.2, -0.15) is 0 Å². The van der Waals surface area contributed by atoms with Crippen molar-refractivity contribution in [2.45, 2.75) is 40.0 Å². The molecule has 2 heteroatoms. The fourth-order valence-electron chi connectivity index (χ4n) is 4.05. The Labute approximate surface area is 79.9 Å². The van der Waals surface area contributed by atoms with Crippen molar-refractivity contribution in [1.82, 2.24) is 0 Å². The number of primary amides is 1. The molecule has 3 atom stereocenters. The van der Waals surface area contributed by atoms with E-state index < -0.39 is 0 Å². The lowest BCUT2D eigenvalue weighted by Gasteiger charge is -2.38. The average Bonchev–Trinajstić information content (AvgIpc) is 2.35. The maximum Gasteiger partial charge on any atom is 0.224 e. The summed E-state index contributed by atoms with van der Waals surface area (Å²) < 4.78 is 0. The van der Waals surface area contributed by atoms with Crippen molar-refractivity contribution in [3.63, 3.8) is 0 Å². The molecule has 2 aliphatic carbocycles. The zero-order chi connectivity index (χ0) is 9.85. The van der Waals surface area contributed by atoms with E-state index in [1.54, 1.807) is 0 Å². The predicted molar refractivity (Wildman–Crippen MR) is 51.9 cm³/mol. The van der Waals surface area contributed by atoms with Gasteiger partial charge in [-0.1, -0.05) is 20.8 Å². The highest BCUT2D eigenvalue weighted by atomic mass is 16.1. The van der Waals surface area contributed by atoms with Gasteiger partial charge in [0.2, 0.25) is 5.91 Å². The first-order chi connectivity index (χ1) is 5.93. The number of hydrogen-bond acceptors (Lipinski definition) is 1. The smallest absolute Gasteiger partial charge is 0.224 e. The first-order valence-electron chi connectivity index (χ1n) is 5.23. The van der Waals surface area contributed by atoms with Crippen LogP contribution in [0.4, 0.5) is 0 Å². The molecule has 2 bridgehead atoms. The van der Waals surface area contributed by atoms with Crippen LogP contribution in [-0.4, -0.2) is 5.91 Å². The zero-order valence-electron chi connectivity index (χ0n) is 8.76. The van der Waals surface area contributed by atoms with Crippen molar-refractivity contribution in [1.29, 1.82) is 0 Å². The summed E-state index contributed by atoms with van der Waals surface area (Å²) in [6, 6.07) is 0. The number of rotatable bonds is 1. The van der Waals surface area contributed by atoms with Crippen LogP contribution in [0.5, 0.6) is 0 Å². The number of hydrogen-bond donors (Lipinski definition) is 1. The van der Waals surface area contributed by atoms with Crippen LogP contribution >= 0.6 is 0 Å². The van der Waals surface area contributed by atoms with Gasteiger partial charge in [-0.25, -0.2) is 0 Å². The van der Waals surface area contributed by atoms with E-state index in [2.05, 4.69) is 20.8 Å². The molecule has 74 valence electrons. The van der Waals surface area contributed by atoms with E-state index in [1.165, 1.54) is 12.8 Å². The highest BCUT2D eigenvalue weighted by Crippen LogP contribution is 2.67. The fraction of sp³-hybridized carbons (Fsp3) is 0.909. The Morgan fingerprint density at radius 1 is 1.46 bits per heavy atom. The molecular weight excluding hydrogens is 162 g/mol. The Morgan fingerprint density at radius 2 is 2.08 bits per heavy atom. The summed E-state index contributed by atoms with van der Waals surface area (Å²) in [6.45, 7) is 6.63. The third-order valence-corrected chi connectivity index (χ3v) is 4.98. The minimum absolute atomic E-state index is 0.0648. The summed E-state index contributed by atoms with van der Waals surface area (Å²) >= 11 is 0. The lowest BCUT2D eigenvalue weighted by molar-refractivity contribution is -0.134. The van der Waals surface area contributed by atoms with E-state index in [0.29, 0.717) is 5.92 Å². The standard InChI is InChI=1S/C11H19NO/c1-7-6-8-4-5-11(7,9(12)13)10(8,2)3/h7-8H,4-6H2,1-3H3,(H2,12,13)/t7?,8-,11+/m1/s1. The van der Waals surface area contributed by atoms with Crippen LogP contribution in [0.2, 0.25) is 0 Å². The number of fused-ring (bicyclic) bond motifs is 2. The summed E-state index contributed by atoms with van der Waals surface area (Å²) in [6.07, 6.45) is 3.40. The lowest BCUT2D eigenvalue weighted by atomic mass is 9.65. The maximum absolute atomic E-state index is 11.6. The van der Waals surface area contributed by atoms with Crippen molar-refractivity contribution in [2.24, 2.45) is 28.4 Å². The van der Waals surface area contributed by atoms with E-state index in [4.69, 9.17) is 5.73 Å². The molecule has 13 heavy (non-hydrogen) atoms. The van der Waals surface area contributed by atoms with Gasteiger partial charge in [-0.15, -0.1) is 0 Å². The van der Waals surface area contributed by atoms with E-state index in [-0.39, 0.29) is 16.7 Å². The van der Waals surface area contributed by atoms with Gasteiger partial charge in [-0.05, 0) is 36.5 Å². The number of carbonyl (C=O) groups excluding carboxylic acids is 1. The van der Waals surface area contributed by atoms with Gasteiger partial charge < -0.3 is 5.73 Å². The van der Waals surface area contributed by atoms with Crippen LogP contribution in [0.1, 0.15) is 40.0 Å². The molecule has 2 fully saturated rings. The molecule has 1 amide bonds.